The lowest BCUT2D eigenvalue weighted by Gasteiger charge is -2.42. The van der Waals surface area contributed by atoms with E-state index in [1.54, 1.807) is 29.9 Å². The molecule has 2 aromatic rings. The van der Waals surface area contributed by atoms with E-state index in [2.05, 4.69) is 20.9 Å². The largest absolute Gasteiger partial charge is 0.337 e. The van der Waals surface area contributed by atoms with Crippen molar-refractivity contribution in [3.05, 3.63) is 57.0 Å². The first-order chi connectivity index (χ1) is 14.8. The second-order valence-corrected chi connectivity index (χ2v) is 8.65. The molecule has 4 heterocycles. The number of anilines is 2. The summed E-state index contributed by atoms with van der Waals surface area (Å²) in [6.07, 6.45) is 7.10. The number of nitrogens with two attached hydrogens (primary N) is 1. The average Bonchev–Trinajstić information content (AvgIpc) is 3.04. The van der Waals surface area contributed by atoms with Gasteiger partial charge in [-0.05, 0) is 38.8 Å². The molecule has 9 nitrogen and oxygen atoms in total. The molecule has 9 heteroatoms. The smallest absolute Gasteiger partial charge is 0.327 e. The van der Waals surface area contributed by atoms with E-state index in [1.165, 1.54) is 16.3 Å². The van der Waals surface area contributed by atoms with Gasteiger partial charge in [-0.15, -0.1) is 0 Å². The van der Waals surface area contributed by atoms with Gasteiger partial charge in [0.05, 0.1) is 11.9 Å². The molecule has 0 spiro atoms. The maximum Gasteiger partial charge on any atom is 0.337 e. The van der Waals surface area contributed by atoms with E-state index in [-0.39, 0.29) is 23.6 Å². The van der Waals surface area contributed by atoms with E-state index in [1.807, 2.05) is 25.8 Å². The Balaban J connectivity index is 1.91. The van der Waals surface area contributed by atoms with Crippen LogP contribution in [0.4, 0.5) is 11.5 Å². The third kappa shape index (κ3) is 3.68. The second kappa shape index (κ2) is 8.32. The summed E-state index contributed by atoms with van der Waals surface area (Å²) in [5.41, 5.74) is 7.71. The summed E-state index contributed by atoms with van der Waals surface area (Å²) < 4.78 is 2.77. The molecule has 31 heavy (non-hydrogen) atoms. The summed E-state index contributed by atoms with van der Waals surface area (Å²) in [7, 11) is 3.66. The van der Waals surface area contributed by atoms with Gasteiger partial charge in [0.25, 0.3) is 5.56 Å². The molecule has 2 atom stereocenters. The van der Waals surface area contributed by atoms with Crippen molar-refractivity contribution in [2.24, 2.45) is 12.8 Å². The first-order valence-corrected chi connectivity index (χ1v) is 10.7. The zero-order valence-corrected chi connectivity index (χ0v) is 18.7. The van der Waals surface area contributed by atoms with E-state index in [0.29, 0.717) is 23.7 Å². The Bertz CT molecular complexity index is 1100. The van der Waals surface area contributed by atoms with Crippen molar-refractivity contribution in [3.63, 3.8) is 0 Å². The van der Waals surface area contributed by atoms with Gasteiger partial charge in [-0.2, -0.15) is 0 Å². The summed E-state index contributed by atoms with van der Waals surface area (Å²) in [4.78, 5) is 37.5. The van der Waals surface area contributed by atoms with Crippen LogP contribution in [-0.4, -0.2) is 58.0 Å². The number of fused-ring (bicyclic) bond motifs is 1. The van der Waals surface area contributed by atoms with Crippen LogP contribution in [-0.2, 0) is 7.05 Å². The molecular formula is C22H31N7O2. The standard InChI is InChI=1S/C22H31N7O2/c1-15(2)9-12-28-18-19(25(3)21(28)27-11-6-7-16(23)14-27)26(4)22(31)29(20(18)30)17-8-5-10-24-13-17/h5,8-10,13,16,21H,6-7,11-12,14,23H2,1-4H3. The number of pyridine rings is 1. The summed E-state index contributed by atoms with van der Waals surface area (Å²) in [6.45, 7) is 6.30. The molecule has 0 radical (unpaired) electrons. The molecule has 0 aliphatic carbocycles. The molecule has 0 amide bonds. The lowest BCUT2D eigenvalue weighted by atomic mass is 10.1. The third-order valence-corrected chi connectivity index (χ3v) is 6.08. The molecule has 2 N–H and O–H groups in total. The minimum atomic E-state index is -0.387. The molecule has 2 unspecified atom stereocenters. The second-order valence-electron chi connectivity index (χ2n) is 8.65. The van der Waals surface area contributed by atoms with E-state index >= 15 is 0 Å². The first-order valence-electron chi connectivity index (χ1n) is 10.7. The Morgan fingerprint density at radius 1 is 1.29 bits per heavy atom. The molecule has 1 fully saturated rings. The van der Waals surface area contributed by atoms with Gasteiger partial charge >= 0.3 is 5.69 Å². The lowest BCUT2D eigenvalue weighted by Crippen LogP contribution is -2.59. The number of likely N-dealkylation sites (tertiary alicyclic amines) is 1. The summed E-state index contributed by atoms with van der Waals surface area (Å²) in [5, 5.41) is 0. The molecule has 1 saturated heterocycles. The van der Waals surface area contributed by atoms with Crippen molar-refractivity contribution in [2.75, 3.05) is 36.5 Å². The number of aromatic nitrogens is 3. The van der Waals surface area contributed by atoms with Gasteiger partial charge in [0.15, 0.2) is 6.29 Å². The van der Waals surface area contributed by atoms with E-state index in [9.17, 15) is 9.59 Å². The van der Waals surface area contributed by atoms with Crippen molar-refractivity contribution in [3.8, 4) is 5.69 Å². The van der Waals surface area contributed by atoms with Crippen LogP contribution in [0.1, 0.15) is 26.7 Å². The zero-order chi connectivity index (χ0) is 22.3. The molecular weight excluding hydrogens is 394 g/mol. The summed E-state index contributed by atoms with van der Waals surface area (Å²) in [6, 6.07) is 3.55. The highest BCUT2D eigenvalue weighted by atomic mass is 16.2. The molecule has 0 aromatic carbocycles. The van der Waals surface area contributed by atoms with Crippen LogP contribution in [0, 0.1) is 0 Å². The Morgan fingerprint density at radius 2 is 2.06 bits per heavy atom. The fraction of sp³-hybridized carbons (Fsp3) is 0.500. The minimum Gasteiger partial charge on any atom is -0.327 e. The number of hydrogen-bond acceptors (Lipinski definition) is 7. The summed E-state index contributed by atoms with van der Waals surface area (Å²) in [5.74, 6) is 0.626. The Kier molecular flexibility index (Phi) is 5.72. The Labute approximate surface area is 182 Å². The van der Waals surface area contributed by atoms with Crippen LogP contribution in [0.15, 0.2) is 45.8 Å². The van der Waals surface area contributed by atoms with Crippen LogP contribution < -0.4 is 26.8 Å². The van der Waals surface area contributed by atoms with E-state index in [4.69, 9.17) is 5.73 Å². The molecule has 2 aliphatic rings. The highest BCUT2D eigenvalue weighted by molar-refractivity contribution is 5.73. The molecule has 0 saturated carbocycles. The van der Waals surface area contributed by atoms with Crippen LogP contribution in [0.3, 0.4) is 0 Å². The predicted molar refractivity (Wildman–Crippen MR) is 123 cm³/mol. The van der Waals surface area contributed by atoms with Crippen molar-refractivity contribution in [1.82, 2.24) is 19.0 Å². The number of hydrogen-bond donors (Lipinski definition) is 1. The highest BCUT2D eigenvalue weighted by Crippen LogP contribution is 2.37. The maximum atomic E-state index is 13.7. The third-order valence-electron chi connectivity index (χ3n) is 6.08. The van der Waals surface area contributed by atoms with Gasteiger partial charge in [-0.1, -0.05) is 11.6 Å². The van der Waals surface area contributed by atoms with E-state index in [0.717, 1.165) is 25.9 Å². The van der Waals surface area contributed by atoms with Gasteiger partial charge in [0.1, 0.15) is 11.5 Å². The van der Waals surface area contributed by atoms with Crippen LogP contribution in [0.2, 0.25) is 0 Å². The van der Waals surface area contributed by atoms with Gasteiger partial charge in [-0.25, -0.2) is 9.36 Å². The van der Waals surface area contributed by atoms with Crippen molar-refractivity contribution >= 4 is 11.5 Å². The van der Waals surface area contributed by atoms with Gasteiger partial charge in [0.2, 0.25) is 0 Å². The molecule has 2 aliphatic heterocycles. The van der Waals surface area contributed by atoms with Crippen molar-refractivity contribution < 1.29 is 0 Å². The van der Waals surface area contributed by atoms with Crippen LogP contribution in [0.5, 0.6) is 0 Å². The zero-order valence-electron chi connectivity index (χ0n) is 18.7. The number of nitrogens with zero attached hydrogens (tertiary/aromatic N) is 6. The Hall–Kier alpha value is -2.91. The fourth-order valence-electron chi connectivity index (χ4n) is 4.65. The van der Waals surface area contributed by atoms with Gasteiger partial charge in [-0.3, -0.25) is 19.2 Å². The van der Waals surface area contributed by atoms with Crippen molar-refractivity contribution in [2.45, 2.75) is 39.0 Å². The summed E-state index contributed by atoms with van der Waals surface area (Å²) >= 11 is 0. The SMILES string of the molecule is CC(C)=CCN1c2c(n(C)c(=O)n(-c3cccnc3)c2=O)N(C)C1N1CCCC(N)C1. The number of piperidine rings is 1. The first kappa shape index (κ1) is 21.3. The fourth-order valence-corrected chi connectivity index (χ4v) is 4.65. The van der Waals surface area contributed by atoms with Crippen LogP contribution in [0.25, 0.3) is 5.69 Å². The molecule has 2 aromatic heterocycles. The number of rotatable bonds is 4. The monoisotopic (exact) mass is 425 g/mol. The van der Waals surface area contributed by atoms with E-state index < -0.39 is 0 Å². The minimum absolute atomic E-state index is 0.104. The number of allylic oxidation sites excluding steroid dienone is 1. The average molecular weight is 426 g/mol. The quantitative estimate of drug-likeness (QED) is 0.727. The Morgan fingerprint density at radius 3 is 2.71 bits per heavy atom. The van der Waals surface area contributed by atoms with Crippen molar-refractivity contribution in [1.29, 1.82) is 0 Å². The predicted octanol–water partition coefficient (Wildman–Crippen LogP) is 0.860. The molecule has 4 rings (SSSR count). The molecule has 0 bridgehead atoms. The molecule has 166 valence electrons. The maximum absolute atomic E-state index is 13.7. The van der Waals surface area contributed by atoms with Gasteiger partial charge < -0.3 is 15.5 Å². The van der Waals surface area contributed by atoms with Gasteiger partial charge in [0, 0.05) is 46.0 Å². The van der Waals surface area contributed by atoms with Crippen LogP contribution >= 0.6 is 0 Å². The lowest BCUT2D eigenvalue weighted by molar-refractivity contribution is 0.149. The highest BCUT2D eigenvalue weighted by Gasteiger charge is 2.42. The normalized spacial score (nSPS) is 21.3. The topological polar surface area (TPSA) is 92.6 Å².